The number of hydrogen-bond acceptors (Lipinski definition) is 4. The van der Waals surface area contributed by atoms with Crippen LogP contribution in [-0.4, -0.2) is 18.4 Å². The number of fused-ring (bicyclic) bond motifs is 1. The molecule has 0 fully saturated rings. The third kappa shape index (κ3) is 1.99. The van der Waals surface area contributed by atoms with Gasteiger partial charge in [0.2, 0.25) is 0 Å². The van der Waals surface area contributed by atoms with Crippen LogP contribution in [-0.2, 0) is 11.2 Å². The van der Waals surface area contributed by atoms with Crippen molar-refractivity contribution < 1.29 is 18.7 Å². The van der Waals surface area contributed by atoms with Crippen LogP contribution < -0.4 is 0 Å². The molecule has 0 saturated carbocycles. The molecule has 2 rings (SSSR count). The lowest BCUT2D eigenvalue weighted by Crippen LogP contribution is -2.19. The molecular formula is C13H16O4. The van der Waals surface area contributed by atoms with Gasteiger partial charge < -0.3 is 9.15 Å². The van der Waals surface area contributed by atoms with Gasteiger partial charge in [0, 0.05) is 12.8 Å². The molecule has 1 aromatic rings. The second-order valence-corrected chi connectivity index (χ2v) is 4.49. The molecule has 92 valence electrons. The van der Waals surface area contributed by atoms with Crippen molar-refractivity contribution in [1.82, 2.24) is 0 Å². The van der Waals surface area contributed by atoms with Gasteiger partial charge in [-0.3, -0.25) is 4.79 Å². The van der Waals surface area contributed by atoms with Gasteiger partial charge in [-0.15, -0.1) is 0 Å². The van der Waals surface area contributed by atoms with Crippen LogP contribution in [0.1, 0.15) is 52.5 Å². The standard InChI is InChI=1S/C13H16O4/c1-4-16-13(15)11-8(3)17-10-6-7(2)5-9(14)12(10)11/h7H,4-6H2,1-3H3/t7-/m1/s1. The number of carbonyl (C=O) groups is 2. The van der Waals surface area contributed by atoms with E-state index in [9.17, 15) is 9.59 Å². The number of hydrogen-bond donors (Lipinski definition) is 0. The van der Waals surface area contributed by atoms with E-state index in [4.69, 9.17) is 9.15 Å². The van der Waals surface area contributed by atoms with Crippen LogP contribution in [0.3, 0.4) is 0 Å². The molecule has 0 spiro atoms. The van der Waals surface area contributed by atoms with E-state index in [-0.39, 0.29) is 11.7 Å². The number of Topliss-reactive ketones (excluding diaryl/α,β-unsaturated/α-hetero) is 1. The van der Waals surface area contributed by atoms with Crippen molar-refractivity contribution in [3.05, 3.63) is 22.6 Å². The fraction of sp³-hybridized carbons (Fsp3) is 0.538. The number of esters is 1. The van der Waals surface area contributed by atoms with Gasteiger partial charge in [-0.1, -0.05) is 6.92 Å². The molecule has 0 aromatic carbocycles. The summed E-state index contributed by atoms with van der Waals surface area (Å²) in [4.78, 5) is 23.8. The SMILES string of the molecule is CCOC(=O)c1c(C)oc2c1C(=O)C[C@@H](C)C2. The second-order valence-electron chi connectivity index (χ2n) is 4.49. The first kappa shape index (κ1) is 11.9. The molecule has 1 atom stereocenters. The molecule has 1 aliphatic carbocycles. The average molecular weight is 236 g/mol. The third-order valence-electron chi connectivity index (χ3n) is 2.98. The number of carbonyl (C=O) groups excluding carboxylic acids is 2. The van der Waals surface area contributed by atoms with Crippen LogP contribution >= 0.6 is 0 Å². The molecule has 0 saturated heterocycles. The van der Waals surface area contributed by atoms with Crippen LogP contribution in [0.25, 0.3) is 0 Å². The Balaban J connectivity index is 2.48. The lowest BCUT2D eigenvalue weighted by atomic mass is 9.87. The molecule has 17 heavy (non-hydrogen) atoms. The summed E-state index contributed by atoms with van der Waals surface area (Å²) in [5.41, 5.74) is 0.762. The maximum atomic E-state index is 12.0. The average Bonchev–Trinajstić information content (AvgIpc) is 2.54. The molecule has 1 heterocycles. The maximum absolute atomic E-state index is 12.0. The minimum Gasteiger partial charge on any atom is -0.465 e. The number of aryl methyl sites for hydroxylation is 1. The van der Waals surface area contributed by atoms with Crippen molar-refractivity contribution in [2.45, 2.75) is 33.6 Å². The monoisotopic (exact) mass is 236 g/mol. The molecule has 4 heteroatoms. The first-order valence-corrected chi connectivity index (χ1v) is 5.87. The topological polar surface area (TPSA) is 56.5 Å². The van der Waals surface area contributed by atoms with E-state index in [1.807, 2.05) is 6.92 Å². The molecular weight excluding hydrogens is 220 g/mol. The number of ether oxygens (including phenoxy) is 1. The van der Waals surface area contributed by atoms with Crippen molar-refractivity contribution in [2.75, 3.05) is 6.61 Å². The molecule has 0 bridgehead atoms. The summed E-state index contributed by atoms with van der Waals surface area (Å²) >= 11 is 0. The van der Waals surface area contributed by atoms with Crippen molar-refractivity contribution in [1.29, 1.82) is 0 Å². The highest BCUT2D eigenvalue weighted by Crippen LogP contribution is 2.32. The van der Waals surface area contributed by atoms with E-state index in [2.05, 4.69) is 0 Å². The van der Waals surface area contributed by atoms with E-state index in [0.717, 1.165) is 0 Å². The van der Waals surface area contributed by atoms with Gasteiger partial charge in [-0.25, -0.2) is 4.79 Å². The Morgan fingerprint density at radius 3 is 2.82 bits per heavy atom. The Bertz CT molecular complexity index is 470. The van der Waals surface area contributed by atoms with Crippen LogP contribution in [0.5, 0.6) is 0 Å². The highest BCUT2D eigenvalue weighted by Gasteiger charge is 2.33. The smallest absolute Gasteiger partial charge is 0.342 e. The van der Waals surface area contributed by atoms with Crippen LogP contribution in [0.4, 0.5) is 0 Å². The number of ketones is 1. The first-order chi connectivity index (χ1) is 8.04. The predicted molar refractivity (Wildman–Crippen MR) is 61.2 cm³/mol. The Hall–Kier alpha value is -1.58. The largest absolute Gasteiger partial charge is 0.465 e. The van der Waals surface area contributed by atoms with E-state index >= 15 is 0 Å². The van der Waals surface area contributed by atoms with Gasteiger partial charge in [-0.2, -0.15) is 0 Å². The molecule has 1 aromatic heterocycles. The Morgan fingerprint density at radius 1 is 1.47 bits per heavy atom. The maximum Gasteiger partial charge on any atom is 0.342 e. The van der Waals surface area contributed by atoms with Crippen molar-refractivity contribution >= 4 is 11.8 Å². The van der Waals surface area contributed by atoms with Gasteiger partial charge in [0.05, 0.1) is 12.2 Å². The summed E-state index contributed by atoms with van der Waals surface area (Å²) in [7, 11) is 0. The summed E-state index contributed by atoms with van der Waals surface area (Å²) in [5.74, 6) is 0.914. The molecule has 0 N–H and O–H groups in total. The Kier molecular flexibility index (Phi) is 3.05. The minimum absolute atomic E-state index is 0.0151. The molecule has 0 amide bonds. The van der Waals surface area contributed by atoms with E-state index in [0.29, 0.717) is 42.1 Å². The quantitative estimate of drug-likeness (QED) is 0.740. The number of furan rings is 1. The van der Waals surface area contributed by atoms with Gasteiger partial charge >= 0.3 is 5.97 Å². The zero-order valence-corrected chi connectivity index (χ0v) is 10.3. The van der Waals surface area contributed by atoms with Gasteiger partial charge in [0.15, 0.2) is 5.78 Å². The minimum atomic E-state index is -0.460. The molecule has 1 aliphatic rings. The third-order valence-corrected chi connectivity index (χ3v) is 2.98. The van der Waals surface area contributed by atoms with Crippen molar-refractivity contribution in [2.24, 2.45) is 5.92 Å². The molecule has 0 aliphatic heterocycles. The summed E-state index contributed by atoms with van der Waals surface area (Å²) in [6, 6.07) is 0. The second kappa shape index (κ2) is 4.35. The van der Waals surface area contributed by atoms with E-state index in [1.54, 1.807) is 13.8 Å². The van der Waals surface area contributed by atoms with Gasteiger partial charge in [0.1, 0.15) is 17.1 Å². The summed E-state index contributed by atoms with van der Waals surface area (Å²) < 4.78 is 10.5. The van der Waals surface area contributed by atoms with Gasteiger partial charge in [0.25, 0.3) is 0 Å². The molecule has 4 nitrogen and oxygen atoms in total. The normalized spacial score (nSPS) is 19.0. The van der Waals surface area contributed by atoms with Crippen molar-refractivity contribution in [3.8, 4) is 0 Å². The van der Waals surface area contributed by atoms with Crippen LogP contribution in [0, 0.1) is 12.8 Å². The lowest BCUT2D eigenvalue weighted by molar-refractivity contribution is 0.0521. The fourth-order valence-corrected chi connectivity index (χ4v) is 2.30. The zero-order valence-electron chi connectivity index (χ0n) is 10.3. The van der Waals surface area contributed by atoms with Crippen molar-refractivity contribution in [3.63, 3.8) is 0 Å². The highest BCUT2D eigenvalue weighted by molar-refractivity contribution is 6.08. The lowest BCUT2D eigenvalue weighted by Gasteiger charge is -2.16. The fourth-order valence-electron chi connectivity index (χ4n) is 2.30. The molecule has 0 unspecified atom stereocenters. The Morgan fingerprint density at radius 2 is 2.18 bits per heavy atom. The van der Waals surface area contributed by atoms with Gasteiger partial charge in [-0.05, 0) is 19.8 Å². The van der Waals surface area contributed by atoms with Crippen LogP contribution in [0.2, 0.25) is 0 Å². The zero-order chi connectivity index (χ0) is 12.6. The summed E-state index contributed by atoms with van der Waals surface area (Å²) in [5, 5.41) is 0. The first-order valence-electron chi connectivity index (χ1n) is 5.87. The van der Waals surface area contributed by atoms with E-state index in [1.165, 1.54) is 0 Å². The number of rotatable bonds is 2. The van der Waals surface area contributed by atoms with E-state index < -0.39 is 5.97 Å². The van der Waals surface area contributed by atoms with Crippen LogP contribution in [0.15, 0.2) is 4.42 Å². The Labute approximate surface area is 99.9 Å². The highest BCUT2D eigenvalue weighted by atomic mass is 16.5. The summed E-state index contributed by atoms with van der Waals surface area (Å²) in [6.45, 7) is 5.73. The molecule has 0 radical (unpaired) electrons. The predicted octanol–water partition coefficient (Wildman–Crippen LogP) is 2.53. The summed E-state index contributed by atoms with van der Waals surface area (Å²) in [6.07, 6.45) is 1.18.